The van der Waals surface area contributed by atoms with Crippen LogP contribution in [0.2, 0.25) is 0 Å². The smallest absolute Gasteiger partial charge is 0.341 e. The van der Waals surface area contributed by atoms with Gasteiger partial charge in [0.15, 0.2) is 0 Å². The fourth-order valence-corrected chi connectivity index (χ4v) is 4.11. The van der Waals surface area contributed by atoms with Gasteiger partial charge in [0.05, 0.1) is 37.5 Å². The van der Waals surface area contributed by atoms with Crippen LogP contribution in [-0.2, 0) is 4.74 Å². The number of hydrogen-bond donors (Lipinski definition) is 2. The van der Waals surface area contributed by atoms with E-state index in [1.54, 1.807) is 55.5 Å². The number of esters is 1. The summed E-state index contributed by atoms with van der Waals surface area (Å²) in [4.78, 5) is 38.4. The number of methoxy groups -OCH3 is 3. The standard InChI is InChI=1S/C23H22N2O6S/c1-13-18(23(28)31-4)22(25-20(26)14-8-6-5-7-9-14)32-19(13)21(27)24-16-12-15(29-2)10-11-17(16)30-3/h5-12H,1-4H3,(H,24,27)(H,25,26). The van der Waals surface area contributed by atoms with Crippen molar-refractivity contribution in [2.24, 2.45) is 0 Å². The van der Waals surface area contributed by atoms with Gasteiger partial charge in [-0.2, -0.15) is 0 Å². The fourth-order valence-electron chi connectivity index (χ4n) is 3.02. The van der Waals surface area contributed by atoms with Gasteiger partial charge in [0.1, 0.15) is 16.5 Å². The van der Waals surface area contributed by atoms with Crippen LogP contribution in [0.15, 0.2) is 48.5 Å². The molecule has 9 heteroatoms. The highest BCUT2D eigenvalue weighted by Crippen LogP contribution is 2.36. The molecule has 2 aromatic carbocycles. The first kappa shape index (κ1) is 22.8. The fraction of sp³-hybridized carbons (Fsp3) is 0.174. The minimum Gasteiger partial charge on any atom is -0.497 e. The van der Waals surface area contributed by atoms with Crippen LogP contribution in [-0.4, -0.2) is 39.1 Å². The topological polar surface area (TPSA) is 103 Å². The summed E-state index contributed by atoms with van der Waals surface area (Å²) in [7, 11) is 4.24. The number of anilines is 2. The van der Waals surface area contributed by atoms with Crippen LogP contribution in [0.1, 0.15) is 36.0 Å². The van der Waals surface area contributed by atoms with E-state index in [2.05, 4.69) is 10.6 Å². The van der Waals surface area contributed by atoms with Gasteiger partial charge in [0.2, 0.25) is 0 Å². The van der Waals surface area contributed by atoms with Gasteiger partial charge in [-0.1, -0.05) is 18.2 Å². The van der Waals surface area contributed by atoms with Crippen molar-refractivity contribution >= 4 is 39.8 Å². The predicted octanol–water partition coefficient (Wildman–Crippen LogP) is 4.36. The first-order valence-corrected chi connectivity index (χ1v) is 10.3. The van der Waals surface area contributed by atoms with E-state index >= 15 is 0 Å². The molecule has 0 saturated heterocycles. The molecule has 0 saturated carbocycles. The zero-order valence-electron chi connectivity index (χ0n) is 18.0. The number of benzene rings is 2. The van der Waals surface area contributed by atoms with Crippen molar-refractivity contribution in [2.45, 2.75) is 6.92 Å². The Hall–Kier alpha value is -3.85. The zero-order chi connectivity index (χ0) is 23.3. The van der Waals surface area contributed by atoms with E-state index in [9.17, 15) is 14.4 Å². The van der Waals surface area contributed by atoms with Crippen LogP contribution in [0.4, 0.5) is 10.7 Å². The zero-order valence-corrected chi connectivity index (χ0v) is 18.8. The molecular formula is C23H22N2O6S. The number of hydrogen-bond acceptors (Lipinski definition) is 7. The maximum absolute atomic E-state index is 13.1. The molecule has 0 aliphatic rings. The average Bonchev–Trinajstić information content (AvgIpc) is 3.14. The lowest BCUT2D eigenvalue weighted by molar-refractivity contribution is 0.0601. The molecule has 3 rings (SSSR count). The quantitative estimate of drug-likeness (QED) is 0.514. The Labute approximate surface area is 189 Å². The second-order valence-electron chi connectivity index (χ2n) is 6.59. The Morgan fingerprint density at radius 1 is 0.875 bits per heavy atom. The van der Waals surface area contributed by atoms with Crippen LogP contribution in [0.25, 0.3) is 0 Å². The lowest BCUT2D eigenvalue weighted by atomic mass is 10.1. The van der Waals surface area contributed by atoms with Gasteiger partial charge in [0, 0.05) is 11.6 Å². The summed E-state index contributed by atoms with van der Waals surface area (Å²) in [5.41, 5.74) is 1.34. The molecule has 0 radical (unpaired) electrons. The minimum absolute atomic E-state index is 0.129. The minimum atomic E-state index is -0.653. The molecule has 32 heavy (non-hydrogen) atoms. The molecule has 0 aliphatic heterocycles. The molecule has 2 amide bonds. The molecule has 166 valence electrons. The van der Waals surface area contributed by atoms with Crippen LogP contribution < -0.4 is 20.1 Å². The number of rotatable bonds is 7. The van der Waals surface area contributed by atoms with Crippen LogP contribution >= 0.6 is 11.3 Å². The second-order valence-corrected chi connectivity index (χ2v) is 7.61. The first-order valence-electron chi connectivity index (χ1n) is 9.51. The number of carbonyl (C=O) groups is 3. The Bertz CT molecular complexity index is 1160. The molecule has 8 nitrogen and oxygen atoms in total. The summed E-state index contributed by atoms with van der Waals surface area (Å²) in [5, 5.41) is 5.72. The molecule has 1 heterocycles. The lowest BCUT2D eigenvalue weighted by Gasteiger charge is -2.11. The van der Waals surface area contributed by atoms with Crippen LogP contribution in [0, 0.1) is 6.92 Å². The van der Waals surface area contributed by atoms with Crippen molar-refractivity contribution in [3.05, 3.63) is 70.1 Å². The van der Waals surface area contributed by atoms with E-state index in [-0.39, 0.29) is 15.4 Å². The number of ether oxygens (including phenoxy) is 3. The normalized spacial score (nSPS) is 10.2. The van der Waals surface area contributed by atoms with Crippen LogP contribution in [0.5, 0.6) is 11.5 Å². The summed E-state index contributed by atoms with van der Waals surface area (Å²) in [6.45, 7) is 1.62. The van der Waals surface area contributed by atoms with E-state index in [0.29, 0.717) is 28.3 Å². The van der Waals surface area contributed by atoms with Crippen molar-refractivity contribution in [2.75, 3.05) is 32.0 Å². The van der Waals surface area contributed by atoms with Crippen molar-refractivity contribution < 1.29 is 28.6 Å². The van der Waals surface area contributed by atoms with E-state index in [0.717, 1.165) is 11.3 Å². The third kappa shape index (κ3) is 4.73. The van der Waals surface area contributed by atoms with Gasteiger partial charge in [-0.25, -0.2) is 4.79 Å². The Morgan fingerprint density at radius 2 is 1.59 bits per heavy atom. The molecular weight excluding hydrogens is 432 g/mol. The SMILES string of the molecule is COC(=O)c1c(NC(=O)c2ccccc2)sc(C(=O)Nc2cc(OC)ccc2OC)c1C. The third-order valence-corrected chi connectivity index (χ3v) is 5.87. The highest BCUT2D eigenvalue weighted by Gasteiger charge is 2.27. The maximum Gasteiger partial charge on any atom is 0.341 e. The maximum atomic E-state index is 13.1. The number of nitrogens with one attached hydrogen (secondary N) is 2. The van der Waals surface area contributed by atoms with Gasteiger partial charge in [-0.05, 0) is 36.8 Å². The lowest BCUT2D eigenvalue weighted by Crippen LogP contribution is -2.14. The molecule has 0 fully saturated rings. The highest BCUT2D eigenvalue weighted by molar-refractivity contribution is 7.19. The highest BCUT2D eigenvalue weighted by atomic mass is 32.1. The Morgan fingerprint density at radius 3 is 2.22 bits per heavy atom. The number of carbonyl (C=O) groups excluding carboxylic acids is 3. The molecule has 0 bridgehead atoms. The molecule has 1 aromatic heterocycles. The van der Waals surface area contributed by atoms with Gasteiger partial charge >= 0.3 is 5.97 Å². The van der Waals surface area contributed by atoms with Crippen molar-refractivity contribution in [3.8, 4) is 11.5 Å². The van der Waals surface area contributed by atoms with Crippen molar-refractivity contribution in [1.29, 1.82) is 0 Å². The largest absolute Gasteiger partial charge is 0.497 e. The summed E-state index contributed by atoms with van der Waals surface area (Å²) < 4.78 is 15.4. The number of thiophene rings is 1. The monoisotopic (exact) mass is 454 g/mol. The average molecular weight is 455 g/mol. The van der Waals surface area contributed by atoms with E-state index in [1.807, 2.05) is 0 Å². The van der Waals surface area contributed by atoms with E-state index < -0.39 is 17.8 Å². The number of amides is 2. The third-order valence-electron chi connectivity index (χ3n) is 4.66. The second kappa shape index (κ2) is 9.97. The summed E-state index contributed by atoms with van der Waals surface area (Å²) in [6.07, 6.45) is 0. The van der Waals surface area contributed by atoms with Gasteiger partial charge in [-0.15, -0.1) is 11.3 Å². The summed E-state index contributed by atoms with van der Waals surface area (Å²) in [5.74, 6) is -0.544. The van der Waals surface area contributed by atoms with E-state index in [4.69, 9.17) is 14.2 Å². The predicted molar refractivity (Wildman–Crippen MR) is 122 cm³/mol. The molecule has 0 unspecified atom stereocenters. The van der Waals surface area contributed by atoms with Gasteiger partial charge < -0.3 is 24.8 Å². The Balaban J connectivity index is 1.96. The van der Waals surface area contributed by atoms with Crippen molar-refractivity contribution in [3.63, 3.8) is 0 Å². The van der Waals surface area contributed by atoms with Gasteiger partial charge in [-0.3, -0.25) is 9.59 Å². The van der Waals surface area contributed by atoms with E-state index in [1.165, 1.54) is 21.3 Å². The molecule has 0 atom stereocenters. The molecule has 3 aromatic rings. The van der Waals surface area contributed by atoms with Crippen LogP contribution in [0.3, 0.4) is 0 Å². The summed E-state index contributed by atoms with van der Waals surface area (Å²) in [6, 6.07) is 13.6. The van der Waals surface area contributed by atoms with Gasteiger partial charge in [0.25, 0.3) is 11.8 Å². The molecule has 2 N–H and O–H groups in total. The Kier molecular flexibility index (Phi) is 7.11. The van der Waals surface area contributed by atoms with Crippen molar-refractivity contribution in [1.82, 2.24) is 0 Å². The summed E-state index contributed by atoms with van der Waals surface area (Å²) >= 11 is 0.987. The molecule has 0 aliphatic carbocycles. The molecule has 0 spiro atoms. The first-order chi connectivity index (χ1) is 15.4.